The molecule has 0 fully saturated rings. The highest BCUT2D eigenvalue weighted by molar-refractivity contribution is 5.77. The second kappa shape index (κ2) is 7.43. The zero-order valence-electron chi connectivity index (χ0n) is 12.4. The maximum atomic E-state index is 11.7. The van der Waals surface area contributed by atoms with Crippen LogP contribution in [0.25, 0.3) is 0 Å². The van der Waals surface area contributed by atoms with Crippen molar-refractivity contribution < 1.29 is 9.53 Å². The lowest BCUT2D eigenvalue weighted by Gasteiger charge is -2.10. The Morgan fingerprint density at radius 1 is 1.24 bits per heavy atom. The molecule has 2 aromatic rings. The van der Waals surface area contributed by atoms with Crippen molar-refractivity contribution >= 4 is 5.91 Å². The molecular formula is C17H20N2O2. The number of ether oxygens (including phenoxy) is 1. The average Bonchev–Trinajstić information content (AvgIpc) is 2.52. The summed E-state index contributed by atoms with van der Waals surface area (Å²) in [6, 6.07) is 13.4. The molecule has 0 spiro atoms. The number of amides is 1. The summed E-state index contributed by atoms with van der Waals surface area (Å²) in [5.74, 6) is 0.997. The topological polar surface area (TPSA) is 51.2 Å². The van der Waals surface area contributed by atoms with Crippen molar-refractivity contribution in [2.75, 3.05) is 6.61 Å². The molecule has 21 heavy (non-hydrogen) atoms. The van der Waals surface area contributed by atoms with Crippen molar-refractivity contribution in [1.29, 1.82) is 0 Å². The molecule has 0 aliphatic carbocycles. The first-order chi connectivity index (χ1) is 10.1. The maximum Gasteiger partial charge on any atom is 0.258 e. The van der Waals surface area contributed by atoms with Crippen LogP contribution in [0, 0.1) is 0 Å². The summed E-state index contributed by atoms with van der Waals surface area (Å²) in [5.41, 5.74) is 2.02. The number of pyridine rings is 1. The van der Waals surface area contributed by atoms with E-state index in [0.717, 1.165) is 5.69 Å². The highest BCUT2D eigenvalue weighted by Gasteiger charge is 2.05. The minimum absolute atomic E-state index is 0.00832. The van der Waals surface area contributed by atoms with E-state index in [1.54, 1.807) is 6.20 Å². The Morgan fingerprint density at radius 3 is 2.81 bits per heavy atom. The number of nitrogens with zero attached hydrogens (tertiary/aromatic N) is 1. The molecular weight excluding hydrogens is 264 g/mol. The van der Waals surface area contributed by atoms with E-state index in [2.05, 4.69) is 30.2 Å². The summed E-state index contributed by atoms with van der Waals surface area (Å²) in [6.45, 7) is 4.67. The molecule has 1 N–H and O–H groups in total. The predicted molar refractivity (Wildman–Crippen MR) is 82.1 cm³/mol. The van der Waals surface area contributed by atoms with Crippen molar-refractivity contribution in [2.24, 2.45) is 0 Å². The van der Waals surface area contributed by atoms with Gasteiger partial charge in [-0.3, -0.25) is 9.78 Å². The number of nitrogens with one attached hydrogen (secondary N) is 1. The van der Waals surface area contributed by atoms with E-state index in [1.165, 1.54) is 5.56 Å². The van der Waals surface area contributed by atoms with Gasteiger partial charge in [-0.15, -0.1) is 0 Å². The summed E-state index contributed by atoms with van der Waals surface area (Å²) in [7, 11) is 0. The standard InChI is InChI=1S/C17H20N2O2/c1-13(2)14-6-5-8-16(10-14)21-12-17(20)19-11-15-7-3-4-9-18-15/h3-10,13H,11-12H2,1-2H3,(H,19,20). The van der Waals surface area contributed by atoms with Crippen molar-refractivity contribution in [3.05, 3.63) is 59.9 Å². The lowest BCUT2D eigenvalue weighted by atomic mass is 10.0. The molecule has 2 rings (SSSR count). The molecule has 0 aliphatic rings. The first-order valence-corrected chi connectivity index (χ1v) is 7.04. The van der Waals surface area contributed by atoms with Crippen LogP contribution in [0.3, 0.4) is 0 Å². The van der Waals surface area contributed by atoms with Gasteiger partial charge < -0.3 is 10.1 Å². The average molecular weight is 284 g/mol. The van der Waals surface area contributed by atoms with Gasteiger partial charge in [0.1, 0.15) is 5.75 Å². The predicted octanol–water partition coefficient (Wildman–Crippen LogP) is 2.90. The van der Waals surface area contributed by atoms with Gasteiger partial charge in [0.05, 0.1) is 12.2 Å². The number of hydrogen-bond donors (Lipinski definition) is 1. The fourth-order valence-electron chi connectivity index (χ4n) is 1.86. The molecule has 0 atom stereocenters. The largest absolute Gasteiger partial charge is 0.484 e. The van der Waals surface area contributed by atoms with Crippen LogP contribution in [0.4, 0.5) is 0 Å². The summed E-state index contributed by atoms with van der Waals surface area (Å²) < 4.78 is 5.51. The van der Waals surface area contributed by atoms with Crippen molar-refractivity contribution in [1.82, 2.24) is 10.3 Å². The van der Waals surface area contributed by atoms with E-state index in [9.17, 15) is 4.79 Å². The van der Waals surface area contributed by atoms with Gasteiger partial charge in [0.2, 0.25) is 0 Å². The van der Waals surface area contributed by atoms with Gasteiger partial charge in [-0.25, -0.2) is 0 Å². The van der Waals surface area contributed by atoms with Crippen LogP contribution in [-0.4, -0.2) is 17.5 Å². The fraction of sp³-hybridized carbons (Fsp3) is 0.294. The molecule has 0 aliphatic heterocycles. The SMILES string of the molecule is CC(C)c1cccc(OCC(=O)NCc2ccccn2)c1. The number of hydrogen-bond acceptors (Lipinski definition) is 3. The maximum absolute atomic E-state index is 11.7. The van der Waals surface area contributed by atoms with Gasteiger partial charge in [-0.2, -0.15) is 0 Å². The first-order valence-electron chi connectivity index (χ1n) is 7.04. The van der Waals surface area contributed by atoms with E-state index in [-0.39, 0.29) is 12.5 Å². The molecule has 0 saturated carbocycles. The smallest absolute Gasteiger partial charge is 0.258 e. The molecule has 0 radical (unpaired) electrons. The summed E-state index contributed by atoms with van der Waals surface area (Å²) in [5, 5.41) is 2.78. The van der Waals surface area contributed by atoms with E-state index < -0.39 is 0 Å². The lowest BCUT2D eigenvalue weighted by molar-refractivity contribution is -0.123. The van der Waals surface area contributed by atoms with Crippen LogP contribution in [0.1, 0.15) is 31.0 Å². The number of rotatable bonds is 6. The Labute approximate surface area is 125 Å². The molecule has 0 bridgehead atoms. The third-order valence-electron chi connectivity index (χ3n) is 3.09. The Morgan fingerprint density at radius 2 is 2.10 bits per heavy atom. The molecule has 4 heteroatoms. The summed E-state index contributed by atoms with van der Waals surface area (Å²) in [6.07, 6.45) is 1.70. The molecule has 110 valence electrons. The Bertz CT molecular complexity index is 582. The molecule has 1 aromatic carbocycles. The van der Waals surface area contributed by atoms with Gasteiger partial charge in [0.15, 0.2) is 6.61 Å². The lowest BCUT2D eigenvalue weighted by Crippen LogP contribution is -2.28. The van der Waals surface area contributed by atoms with Crippen LogP contribution < -0.4 is 10.1 Å². The van der Waals surface area contributed by atoms with Crippen LogP contribution in [-0.2, 0) is 11.3 Å². The van der Waals surface area contributed by atoms with Crippen molar-refractivity contribution in [3.63, 3.8) is 0 Å². The zero-order valence-corrected chi connectivity index (χ0v) is 12.4. The third-order valence-corrected chi connectivity index (χ3v) is 3.09. The van der Waals surface area contributed by atoms with Gasteiger partial charge in [0, 0.05) is 6.20 Å². The number of carbonyl (C=O) groups excluding carboxylic acids is 1. The van der Waals surface area contributed by atoms with Crippen LogP contribution >= 0.6 is 0 Å². The highest BCUT2D eigenvalue weighted by Crippen LogP contribution is 2.19. The zero-order chi connectivity index (χ0) is 15.1. The molecule has 4 nitrogen and oxygen atoms in total. The van der Waals surface area contributed by atoms with Crippen LogP contribution in [0.5, 0.6) is 5.75 Å². The van der Waals surface area contributed by atoms with Gasteiger partial charge in [-0.05, 0) is 35.7 Å². The summed E-state index contributed by atoms with van der Waals surface area (Å²) >= 11 is 0. The number of carbonyl (C=O) groups is 1. The van der Waals surface area contributed by atoms with Crippen molar-refractivity contribution in [3.8, 4) is 5.75 Å². The highest BCUT2D eigenvalue weighted by atomic mass is 16.5. The van der Waals surface area contributed by atoms with E-state index in [1.807, 2.05) is 36.4 Å². The number of aromatic nitrogens is 1. The second-order valence-electron chi connectivity index (χ2n) is 5.11. The van der Waals surface area contributed by atoms with Crippen molar-refractivity contribution in [2.45, 2.75) is 26.3 Å². The van der Waals surface area contributed by atoms with Gasteiger partial charge in [0.25, 0.3) is 5.91 Å². The molecule has 0 saturated heterocycles. The quantitative estimate of drug-likeness (QED) is 0.887. The minimum Gasteiger partial charge on any atom is -0.484 e. The second-order valence-corrected chi connectivity index (χ2v) is 5.11. The normalized spacial score (nSPS) is 10.4. The Balaban J connectivity index is 1.80. The minimum atomic E-state index is -0.157. The Hall–Kier alpha value is -2.36. The monoisotopic (exact) mass is 284 g/mol. The van der Waals surface area contributed by atoms with Crippen LogP contribution in [0.15, 0.2) is 48.7 Å². The van der Waals surface area contributed by atoms with E-state index in [0.29, 0.717) is 18.2 Å². The Kier molecular flexibility index (Phi) is 5.32. The fourth-order valence-corrected chi connectivity index (χ4v) is 1.86. The third kappa shape index (κ3) is 4.91. The molecule has 1 amide bonds. The molecule has 1 heterocycles. The number of benzene rings is 1. The van der Waals surface area contributed by atoms with Gasteiger partial charge >= 0.3 is 0 Å². The van der Waals surface area contributed by atoms with Gasteiger partial charge in [-0.1, -0.05) is 32.0 Å². The molecule has 1 aromatic heterocycles. The van der Waals surface area contributed by atoms with E-state index >= 15 is 0 Å². The summed E-state index contributed by atoms with van der Waals surface area (Å²) in [4.78, 5) is 15.9. The van der Waals surface area contributed by atoms with Crippen LogP contribution in [0.2, 0.25) is 0 Å². The van der Waals surface area contributed by atoms with E-state index in [4.69, 9.17) is 4.74 Å². The first kappa shape index (κ1) is 15.0. The molecule has 0 unspecified atom stereocenters.